The molecule has 26 heavy (non-hydrogen) atoms. The quantitative estimate of drug-likeness (QED) is 0.309. The highest BCUT2D eigenvalue weighted by Gasteiger charge is 1.96. The van der Waals surface area contributed by atoms with Gasteiger partial charge in [0.2, 0.25) is 0 Å². The van der Waals surface area contributed by atoms with Crippen molar-refractivity contribution >= 4 is 11.9 Å². The van der Waals surface area contributed by atoms with E-state index >= 15 is 0 Å². The van der Waals surface area contributed by atoms with Crippen molar-refractivity contribution in [3.05, 3.63) is 0 Å². The van der Waals surface area contributed by atoms with Crippen molar-refractivity contribution in [2.75, 3.05) is 13.2 Å². The number of aliphatic carboxylic acids is 2. The van der Waals surface area contributed by atoms with Crippen molar-refractivity contribution in [3.8, 4) is 0 Å². The van der Waals surface area contributed by atoms with E-state index in [0.717, 1.165) is 25.7 Å². The lowest BCUT2D eigenvalue weighted by molar-refractivity contribution is -0.138. The van der Waals surface area contributed by atoms with Gasteiger partial charge in [0.1, 0.15) is 0 Å². The Labute approximate surface area is 159 Å². The van der Waals surface area contributed by atoms with E-state index in [2.05, 4.69) is 13.8 Å². The van der Waals surface area contributed by atoms with Gasteiger partial charge in [0.15, 0.2) is 0 Å². The highest BCUT2D eigenvalue weighted by molar-refractivity contribution is 5.66. The normalized spacial score (nSPS) is 9.54. The van der Waals surface area contributed by atoms with Crippen LogP contribution in [0, 0.1) is 0 Å². The minimum Gasteiger partial charge on any atom is -0.481 e. The van der Waals surface area contributed by atoms with E-state index in [1.807, 2.05) is 0 Å². The predicted octanol–water partition coefficient (Wildman–Crippen LogP) is 4.61. The van der Waals surface area contributed by atoms with Crippen LogP contribution in [0.25, 0.3) is 0 Å². The average Bonchev–Trinajstić information content (AvgIpc) is 2.61. The third kappa shape index (κ3) is 43.4. The smallest absolute Gasteiger partial charge is 0.303 e. The largest absolute Gasteiger partial charge is 0.481 e. The first-order chi connectivity index (χ1) is 12.5. The molecule has 0 aromatic carbocycles. The van der Waals surface area contributed by atoms with Gasteiger partial charge in [-0.2, -0.15) is 0 Å². The first kappa shape index (κ1) is 29.6. The number of carboxylic acids is 2. The highest BCUT2D eigenvalue weighted by atomic mass is 16.4. The van der Waals surface area contributed by atoms with Gasteiger partial charge in [0.25, 0.3) is 0 Å². The van der Waals surface area contributed by atoms with Crippen LogP contribution in [0.5, 0.6) is 0 Å². The zero-order valence-electron chi connectivity index (χ0n) is 16.9. The van der Waals surface area contributed by atoms with Crippen LogP contribution in [0.4, 0.5) is 0 Å². The lowest BCUT2D eigenvalue weighted by Crippen LogP contribution is -1.93. The summed E-state index contributed by atoms with van der Waals surface area (Å²) in [7, 11) is 0. The van der Waals surface area contributed by atoms with Crippen LogP contribution in [0.15, 0.2) is 0 Å². The van der Waals surface area contributed by atoms with Crippen molar-refractivity contribution in [2.45, 2.75) is 104 Å². The molecule has 0 saturated heterocycles. The van der Waals surface area contributed by atoms with E-state index in [4.69, 9.17) is 20.4 Å². The first-order valence-electron chi connectivity index (χ1n) is 10.1. The number of carbonyl (C=O) groups is 2. The fourth-order valence-electron chi connectivity index (χ4n) is 2.11. The van der Waals surface area contributed by atoms with Gasteiger partial charge < -0.3 is 20.4 Å². The Morgan fingerprint density at radius 2 is 0.808 bits per heavy atom. The van der Waals surface area contributed by atoms with Crippen molar-refractivity contribution in [3.63, 3.8) is 0 Å². The Morgan fingerprint density at radius 3 is 1.04 bits per heavy atom. The maximum Gasteiger partial charge on any atom is 0.303 e. The third-order valence-corrected chi connectivity index (χ3v) is 3.59. The minimum atomic E-state index is -0.670. The molecule has 0 rings (SSSR count). The number of rotatable bonds is 15. The molecule has 0 aliphatic carbocycles. The van der Waals surface area contributed by atoms with Crippen molar-refractivity contribution < 1.29 is 30.0 Å². The molecule has 0 aromatic rings. The summed E-state index contributed by atoms with van der Waals surface area (Å²) in [4.78, 5) is 20.2. The van der Waals surface area contributed by atoms with Crippen molar-refractivity contribution in [1.29, 1.82) is 0 Å². The standard InChI is InChI=1S/C10H20O2.C8H16O2.C2H6O2/c1-2-3-4-5-6-7-8-9-10(11)12;1-2-3-4-5-6-7-8(9)10;3-1-2-4/h2-9H2,1H3,(H,11,12);2-7H2,1H3,(H,9,10);3-4H,1-2H2. The highest BCUT2D eigenvalue weighted by Crippen LogP contribution is 2.08. The summed E-state index contributed by atoms with van der Waals surface area (Å²) in [5.74, 6) is -1.33. The lowest BCUT2D eigenvalue weighted by Gasteiger charge is -1.98. The lowest BCUT2D eigenvalue weighted by atomic mass is 10.1. The molecule has 0 saturated carbocycles. The molecule has 0 amide bonds. The number of aliphatic hydroxyl groups excluding tert-OH is 2. The van der Waals surface area contributed by atoms with Gasteiger partial charge in [-0.05, 0) is 12.8 Å². The Hall–Kier alpha value is -1.14. The van der Waals surface area contributed by atoms with Crippen molar-refractivity contribution in [1.82, 2.24) is 0 Å². The second-order valence-electron chi connectivity index (χ2n) is 6.27. The van der Waals surface area contributed by atoms with Gasteiger partial charge in [-0.3, -0.25) is 9.59 Å². The molecule has 0 atom stereocenters. The summed E-state index contributed by atoms with van der Waals surface area (Å²) < 4.78 is 0. The summed E-state index contributed by atoms with van der Waals surface area (Å²) >= 11 is 0. The van der Waals surface area contributed by atoms with Gasteiger partial charge >= 0.3 is 11.9 Å². The van der Waals surface area contributed by atoms with Gasteiger partial charge in [-0.15, -0.1) is 0 Å². The summed E-state index contributed by atoms with van der Waals surface area (Å²) in [6, 6.07) is 0. The van der Waals surface area contributed by atoms with Crippen LogP contribution in [0.1, 0.15) is 104 Å². The molecule has 4 N–H and O–H groups in total. The van der Waals surface area contributed by atoms with E-state index in [0.29, 0.717) is 12.8 Å². The SMILES string of the molecule is CCCCCCCC(=O)O.CCCCCCCCCC(=O)O.OCCO. The van der Waals surface area contributed by atoms with Crippen LogP contribution in [0.3, 0.4) is 0 Å². The number of hydrogen-bond acceptors (Lipinski definition) is 4. The molecule has 0 unspecified atom stereocenters. The summed E-state index contributed by atoms with van der Waals surface area (Å²) in [6.07, 6.45) is 14.5. The second kappa shape index (κ2) is 28.7. The van der Waals surface area contributed by atoms with Crippen LogP contribution < -0.4 is 0 Å². The number of unbranched alkanes of at least 4 members (excludes halogenated alkanes) is 10. The van der Waals surface area contributed by atoms with Gasteiger partial charge in [0, 0.05) is 12.8 Å². The number of aliphatic hydroxyl groups is 2. The van der Waals surface area contributed by atoms with E-state index < -0.39 is 11.9 Å². The molecule has 0 heterocycles. The number of hydrogen-bond donors (Lipinski definition) is 4. The molecular weight excluding hydrogens is 336 g/mol. The predicted molar refractivity (Wildman–Crippen MR) is 105 cm³/mol. The second-order valence-corrected chi connectivity index (χ2v) is 6.27. The van der Waals surface area contributed by atoms with Crippen LogP contribution in [-0.2, 0) is 9.59 Å². The van der Waals surface area contributed by atoms with Gasteiger partial charge in [-0.1, -0.05) is 78.1 Å². The molecule has 6 nitrogen and oxygen atoms in total. The zero-order valence-corrected chi connectivity index (χ0v) is 16.9. The Morgan fingerprint density at radius 1 is 0.538 bits per heavy atom. The third-order valence-electron chi connectivity index (χ3n) is 3.59. The van der Waals surface area contributed by atoms with Gasteiger partial charge in [-0.25, -0.2) is 0 Å². The van der Waals surface area contributed by atoms with Crippen LogP contribution in [-0.4, -0.2) is 45.6 Å². The molecule has 6 heteroatoms. The molecule has 0 spiro atoms. The fraction of sp³-hybridized carbons (Fsp3) is 0.900. The molecule has 0 aliphatic heterocycles. The molecule has 0 aliphatic rings. The molecule has 0 bridgehead atoms. The molecule has 0 radical (unpaired) electrons. The topological polar surface area (TPSA) is 115 Å². The molecular formula is C20H42O6. The minimum absolute atomic E-state index is 0.125. The zero-order chi connectivity index (χ0) is 20.5. The van der Waals surface area contributed by atoms with E-state index in [-0.39, 0.29) is 13.2 Å². The maximum absolute atomic E-state index is 10.1. The Kier molecular flexibility index (Phi) is 32.6. The fourth-order valence-corrected chi connectivity index (χ4v) is 2.11. The molecule has 158 valence electrons. The van der Waals surface area contributed by atoms with E-state index in [9.17, 15) is 9.59 Å². The van der Waals surface area contributed by atoms with Crippen LogP contribution >= 0.6 is 0 Å². The summed E-state index contributed by atoms with van der Waals surface area (Å²) in [5, 5.41) is 31.9. The molecule has 0 fully saturated rings. The monoisotopic (exact) mass is 378 g/mol. The van der Waals surface area contributed by atoms with Gasteiger partial charge in [0.05, 0.1) is 13.2 Å². The van der Waals surface area contributed by atoms with Crippen LogP contribution in [0.2, 0.25) is 0 Å². The maximum atomic E-state index is 10.1. The molecule has 0 aromatic heterocycles. The number of carboxylic acid groups (broad SMARTS) is 2. The summed E-state index contributed by atoms with van der Waals surface area (Å²) in [5.41, 5.74) is 0. The van der Waals surface area contributed by atoms with E-state index in [1.54, 1.807) is 0 Å². The summed E-state index contributed by atoms with van der Waals surface area (Å²) in [6.45, 7) is 4.10. The van der Waals surface area contributed by atoms with E-state index in [1.165, 1.54) is 51.4 Å². The Balaban J connectivity index is -0.000000341. The average molecular weight is 379 g/mol. The first-order valence-corrected chi connectivity index (χ1v) is 10.1. The Bertz CT molecular complexity index is 279. The van der Waals surface area contributed by atoms with Crippen molar-refractivity contribution in [2.24, 2.45) is 0 Å².